The van der Waals surface area contributed by atoms with Crippen molar-refractivity contribution >= 4 is 23.8 Å². The molecule has 1 unspecified atom stereocenters. The van der Waals surface area contributed by atoms with E-state index in [0.29, 0.717) is 6.54 Å². The van der Waals surface area contributed by atoms with Gasteiger partial charge in [0.25, 0.3) is 0 Å². The number of carbonyl (C=O) groups excluding carboxylic acids is 1. The lowest BCUT2D eigenvalue weighted by Gasteiger charge is -2.32. The Balaban J connectivity index is 2.45. The first kappa shape index (κ1) is 17.1. The number of hydrogen-bond donors (Lipinski definition) is 2. The topological polar surface area (TPSA) is 69.6 Å². The standard InChI is InChI=1S/C14H26N2O3S/c1-4-16(10(2)9-13(17)18)14(19)15-11-5-7-12(20-3)8-6-11/h10-12H,4-9H2,1-3H3,(H,15,19)(H,17,18). The van der Waals surface area contributed by atoms with E-state index in [1.54, 1.807) is 11.8 Å². The third-order valence-electron chi connectivity index (χ3n) is 3.94. The quantitative estimate of drug-likeness (QED) is 0.791. The van der Waals surface area contributed by atoms with Crippen molar-refractivity contribution < 1.29 is 14.7 Å². The van der Waals surface area contributed by atoms with Gasteiger partial charge in [0.1, 0.15) is 0 Å². The van der Waals surface area contributed by atoms with Gasteiger partial charge in [-0.25, -0.2) is 4.79 Å². The fourth-order valence-electron chi connectivity index (χ4n) is 2.72. The van der Waals surface area contributed by atoms with Gasteiger partial charge in [0, 0.05) is 23.9 Å². The molecule has 0 aromatic heterocycles. The molecular weight excluding hydrogens is 276 g/mol. The highest BCUT2D eigenvalue weighted by Gasteiger charge is 2.25. The van der Waals surface area contributed by atoms with E-state index in [9.17, 15) is 9.59 Å². The minimum Gasteiger partial charge on any atom is -0.481 e. The molecule has 1 aliphatic rings. The SMILES string of the molecule is CCN(C(=O)NC1CCC(SC)CC1)C(C)CC(=O)O. The number of amides is 2. The summed E-state index contributed by atoms with van der Waals surface area (Å²) in [7, 11) is 0. The van der Waals surface area contributed by atoms with Gasteiger partial charge in [-0.1, -0.05) is 0 Å². The molecule has 0 heterocycles. The third-order valence-corrected chi connectivity index (χ3v) is 5.08. The zero-order chi connectivity index (χ0) is 15.1. The molecule has 0 aliphatic heterocycles. The molecule has 5 nitrogen and oxygen atoms in total. The maximum Gasteiger partial charge on any atom is 0.317 e. The molecule has 1 atom stereocenters. The normalized spacial score (nSPS) is 23.9. The van der Waals surface area contributed by atoms with Crippen molar-refractivity contribution in [3.8, 4) is 0 Å². The van der Waals surface area contributed by atoms with E-state index >= 15 is 0 Å². The number of carboxylic acids is 1. The highest BCUT2D eigenvalue weighted by molar-refractivity contribution is 7.99. The van der Waals surface area contributed by atoms with Crippen molar-refractivity contribution in [3.05, 3.63) is 0 Å². The van der Waals surface area contributed by atoms with Crippen LogP contribution >= 0.6 is 11.8 Å². The van der Waals surface area contributed by atoms with Crippen molar-refractivity contribution in [2.75, 3.05) is 12.8 Å². The molecule has 1 fully saturated rings. The Labute approximate surface area is 125 Å². The van der Waals surface area contributed by atoms with E-state index in [4.69, 9.17) is 5.11 Å². The van der Waals surface area contributed by atoms with Gasteiger partial charge in [-0.15, -0.1) is 0 Å². The lowest BCUT2D eigenvalue weighted by molar-refractivity contribution is -0.138. The Morgan fingerprint density at radius 2 is 1.95 bits per heavy atom. The molecule has 1 saturated carbocycles. The smallest absolute Gasteiger partial charge is 0.317 e. The first-order valence-corrected chi connectivity index (χ1v) is 8.58. The number of carbonyl (C=O) groups is 2. The van der Waals surface area contributed by atoms with Gasteiger partial charge in [-0.05, 0) is 45.8 Å². The summed E-state index contributed by atoms with van der Waals surface area (Å²) < 4.78 is 0. The molecule has 20 heavy (non-hydrogen) atoms. The maximum atomic E-state index is 12.2. The second-order valence-corrected chi connectivity index (χ2v) is 6.53. The van der Waals surface area contributed by atoms with Crippen LogP contribution in [0.3, 0.4) is 0 Å². The van der Waals surface area contributed by atoms with Crippen LogP contribution in [0.2, 0.25) is 0 Å². The summed E-state index contributed by atoms with van der Waals surface area (Å²) in [5.74, 6) is -0.871. The Kier molecular flexibility index (Phi) is 7.19. The molecule has 0 aromatic carbocycles. The maximum absolute atomic E-state index is 12.2. The predicted octanol–water partition coefficient (Wildman–Crippen LogP) is 2.56. The zero-order valence-electron chi connectivity index (χ0n) is 12.6. The fourth-order valence-corrected chi connectivity index (χ4v) is 3.46. The van der Waals surface area contributed by atoms with Gasteiger partial charge >= 0.3 is 12.0 Å². The number of carboxylic acid groups (broad SMARTS) is 1. The molecule has 2 N–H and O–H groups in total. The van der Waals surface area contributed by atoms with Crippen molar-refractivity contribution in [2.45, 2.75) is 63.3 Å². The van der Waals surface area contributed by atoms with Crippen LogP contribution in [0.1, 0.15) is 46.0 Å². The van der Waals surface area contributed by atoms with Crippen molar-refractivity contribution in [2.24, 2.45) is 0 Å². The minimum atomic E-state index is -0.871. The summed E-state index contributed by atoms with van der Waals surface area (Å²) in [6.07, 6.45) is 6.44. The highest BCUT2D eigenvalue weighted by atomic mass is 32.2. The number of nitrogens with one attached hydrogen (secondary N) is 1. The molecule has 2 amide bonds. The summed E-state index contributed by atoms with van der Waals surface area (Å²) in [6.45, 7) is 4.19. The van der Waals surface area contributed by atoms with E-state index < -0.39 is 5.97 Å². The van der Waals surface area contributed by atoms with E-state index in [2.05, 4.69) is 11.6 Å². The number of nitrogens with zero attached hydrogens (tertiary/aromatic N) is 1. The Bertz CT molecular complexity index is 330. The van der Waals surface area contributed by atoms with Crippen LogP contribution in [-0.2, 0) is 4.79 Å². The molecule has 0 spiro atoms. The predicted molar refractivity (Wildman–Crippen MR) is 82.2 cm³/mol. The number of rotatable bonds is 6. The van der Waals surface area contributed by atoms with Crippen LogP contribution in [0, 0.1) is 0 Å². The number of thioether (sulfide) groups is 1. The Morgan fingerprint density at radius 3 is 2.40 bits per heavy atom. The molecule has 6 heteroatoms. The van der Waals surface area contributed by atoms with E-state index in [1.807, 2.05) is 18.7 Å². The molecule has 1 rings (SSSR count). The number of hydrogen-bond acceptors (Lipinski definition) is 3. The summed E-state index contributed by atoms with van der Waals surface area (Å²) >= 11 is 1.90. The van der Waals surface area contributed by atoms with Gasteiger partial charge in [0.15, 0.2) is 0 Å². The molecule has 116 valence electrons. The van der Waals surface area contributed by atoms with Gasteiger partial charge in [0.2, 0.25) is 0 Å². The number of urea groups is 1. The first-order chi connectivity index (χ1) is 9.47. The van der Waals surface area contributed by atoms with Crippen LogP contribution in [-0.4, -0.2) is 52.1 Å². The van der Waals surface area contributed by atoms with Gasteiger partial charge in [-0.2, -0.15) is 11.8 Å². The summed E-state index contributed by atoms with van der Waals surface area (Å²) in [5, 5.41) is 12.6. The molecule has 0 bridgehead atoms. The summed E-state index contributed by atoms with van der Waals surface area (Å²) in [5.41, 5.74) is 0. The number of aliphatic carboxylic acids is 1. The van der Waals surface area contributed by atoms with Crippen molar-refractivity contribution in [3.63, 3.8) is 0 Å². The van der Waals surface area contributed by atoms with Gasteiger partial charge in [-0.3, -0.25) is 4.79 Å². The Hall–Kier alpha value is -0.910. The molecule has 1 aliphatic carbocycles. The minimum absolute atomic E-state index is 0.0134. The Morgan fingerprint density at radius 1 is 1.35 bits per heavy atom. The van der Waals surface area contributed by atoms with Gasteiger partial charge < -0.3 is 15.3 Å². The summed E-state index contributed by atoms with van der Waals surface area (Å²) in [6, 6.07) is -0.175. The van der Waals surface area contributed by atoms with Crippen LogP contribution in [0.5, 0.6) is 0 Å². The van der Waals surface area contributed by atoms with E-state index in [0.717, 1.165) is 30.9 Å². The fraction of sp³-hybridized carbons (Fsp3) is 0.857. The van der Waals surface area contributed by atoms with Crippen molar-refractivity contribution in [1.29, 1.82) is 0 Å². The van der Waals surface area contributed by atoms with Crippen LogP contribution < -0.4 is 5.32 Å². The molecule has 0 aromatic rings. The zero-order valence-corrected chi connectivity index (χ0v) is 13.4. The van der Waals surface area contributed by atoms with Crippen molar-refractivity contribution in [1.82, 2.24) is 10.2 Å². The molecule has 0 radical (unpaired) electrons. The van der Waals surface area contributed by atoms with Gasteiger partial charge in [0.05, 0.1) is 6.42 Å². The third kappa shape index (κ3) is 5.23. The lowest BCUT2D eigenvalue weighted by Crippen LogP contribution is -2.49. The monoisotopic (exact) mass is 302 g/mol. The van der Waals surface area contributed by atoms with E-state index in [-0.39, 0.29) is 24.5 Å². The largest absolute Gasteiger partial charge is 0.481 e. The highest BCUT2D eigenvalue weighted by Crippen LogP contribution is 2.26. The average molecular weight is 302 g/mol. The average Bonchev–Trinajstić information content (AvgIpc) is 2.39. The van der Waals surface area contributed by atoms with Crippen LogP contribution in [0.4, 0.5) is 4.79 Å². The molecular formula is C14H26N2O3S. The lowest BCUT2D eigenvalue weighted by atomic mass is 9.95. The second-order valence-electron chi connectivity index (χ2n) is 5.39. The second kappa shape index (κ2) is 8.39. The first-order valence-electron chi connectivity index (χ1n) is 7.29. The molecule has 0 saturated heterocycles. The van der Waals surface area contributed by atoms with E-state index in [1.165, 1.54) is 0 Å². The van der Waals surface area contributed by atoms with Crippen LogP contribution in [0.25, 0.3) is 0 Å². The van der Waals surface area contributed by atoms with Crippen LogP contribution in [0.15, 0.2) is 0 Å². The summed E-state index contributed by atoms with van der Waals surface area (Å²) in [4.78, 5) is 24.6.